The molecule has 0 saturated heterocycles. The van der Waals surface area contributed by atoms with E-state index in [1.54, 1.807) is 12.1 Å². The van der Waals surface area contributed by atoms with Crippen molar-refractivity contribution in [2.45, 2.75) is 13.1 Å². The Hall–Kier alpha value is -3.41. The quantitative estimate of drug-likeness (QED) is 0.744. The van der Waals surface area contributed by atoms with Gasteiger partial charge >= 0.3 is 0 Å². The predicted octanol–water partition coefficient (Wildman–Crippen LogP) is 3.18. The van der Waals surface area contributed by atoms with Gasteiger partial charge in [-0.05, 0) is 25.1 Å². The molecule has 6 nitrogen and oxygen atoms in total. The summed E-state index contributed by atoms with van der Waals surface area (Å²) in [6.07, 6.45) is 1.54. The predicted molar refractivity (Wildman–Crippen MR) is 93.4 cm³/mol. The molecule has 3 aromatic rings. The lowest BCUT2D eigenvalue weighted by atomic mass is 10.0. The molecule has 2 aliphatic rings. The van der Waals surface area contributed by atoms with Crippen molar-refractivity contribution in [1.82, 2.24) is 14.8 Å². The largest absolute Gasteiger partial charge is 0.508 e. The smallest absolute Gasteiger partial charge is 0.228 e. The maximum atomic E-state index is 10.3. The molecule has 1 aromatic heterocycles. The molecule has 2 aliphatic heterocycles. The van der Waals surface area contributed by atoms with Gasteiger partial charge in [0.05, 0.1) is 5.57 Å². The van der Waals surface area contributed by atoms with Gasteiger partial charge in [0.25, 0.3) is 0 Å². The lowest BCUT2D eigenvalue weighted by molar-refractivity contribution is 0.446. The third-order valence-electron chi connectivity index (χ3n) is 4.46. The fraction of sp³-hybridized carbons (Fsp3) is 0.105. The number of aromatic nitrogens is 3. The van der Waals surface area contributed by atoms with Gasteiger partial charge in [0, 0.05) is 11.1 Å². The Kier molecular flexibility index (Phi) is 2.82. The van der Waals surface area contributed by atoms with E-state index in [9.17, 15) is 5.11 Å². The number of phenols is 1. The summed E-state index contributed by atoms with van der Waals surface area (Å²) in [6, 6.07) is 14.9. The molecular weight excluding hydrogens is 316 g/mol. The number of fused-ring (bicyclic) bond motifs is 4. The van der Waals surface area contributed by atoms with E-state index in [2.05, 4.69) is 10.2 Å². The van der Waals surface area contributed by atoms with Crippen molar-refractivity contribution in [3.63, 3.8) is 0 Å². The molecule has 0 unspecified atom stereocenters. The molecule has 3 heterocycles. The van der Waals surface area contributed by atoms with Gasteiger partial charge in [-0.3, -0.25) is 4.57 Å². The number of rotatable bonds is 1. The maximum absolute atomic E-state index is 10.3. The Labute approximate surface area is 143 Å². The Morgan fingerprint density at radius 1 is 1.04 bits per heavy atom. The van der Waals surface area contributed by atoms with Crippen LogP contribution in [0.1, 0.15) is 28.9 Å². The van der Waals surface area contributed by atoms with Crippen LogP contribution in [-0.4, -0.2) is 25.8 Å². The second-order valence-electron chi connectivity index (χ2n) is 6.01. The minimum atomic E-state index is -0.469. The molecule has 5 rings (SSSR count). The molecule has 6 heteroatoms. The normalized spacial score (nSPS) is 17.6. The van der Waals surface area contributed by atoms with Crippen LogP contribution in [0.5, 0.6) is 11.5 Å². The van der Waals surface area contributed by atoms with Crippen LogP contribution in [0.2, 0.25) is 0 Å². The number of aromatic hydroxyl groups is 1. The van der Waals surface area contributed by atoms with Crippen LogP contribution in [0.25, 0.3) is 11.6 Å². The van der Waals surface area contributed by atoms with Crippen LogP contribution in [-0.2, 0) is 0 Å². The number of hydrogen-bond acceptors (Lipinski definition) is 5. The summed E-state index contributed by atoms with van der Waals surface area (Å²) in [5, 5.41) is 18.8. The first-order valence-electron chi connectivity index (χ1n) is 7.99. The van der Waals surface area contributed by atoms with Gasteiger partial charge in [-0.2, -0.15) is 0 Å². The van der Waals surface area contributed by atoms with Crippen LogP contribution < -0.4 is 4.74 Å². The van der Waals surface area contributed by atoms with Crippen LogP contribution in [0.3, 0.4) is 0 Å². The zero-order chi connectivity index (χ0) is 17.0. The summed E-state index contributed by atoms with van der Waals surface area (Å²) in [5.41, 5.74) is 2.45. The van der Waals surface area contributed by atoms with Crippen LogP contribution in [0.4, 0.5) is 0 Å². The summed E-state index contributed by atoms with van der Waals surface area (Å²) in [4.78, 5) is 4.76. The minimum absolute atomic E-state index is 0.180. The van der Waals surface area contributed by atoms with Gasteiger partial charge in [0.1, 0.15) is 17.3 Å². The number of aryl methyl sites for hydroxylation is 1. The average Bonchev–Trinajstić information content (AvgIpc) is 3.02. The average molecular weight is 330 g/mol. The molecule has 122 valence electrons. The monoisotopic (exact) mass is 330 g/mol. The number of hydrogen-bond donors (Lipinski definition) is 1. The molecule has 0 fully saturated rings. The van der Waals surface area contributed by atoms with Gasteiger partial charge in [0.2, 0.25) is 5.90 Å². The van der Waals surface area contributed by atoms with E-state index in [0.717, 1.165) is 22.7 Å². The van der Waals surface area contributed by atoms with E-state index in [-0.39, 0.29) is 5.75 Å². The van der Waals surface area contributed by atoms with E-state index >= 15 is 0 Å². The van der Waals surface area contributed by atoms with Crippen LogP contribution >= 0.6 is 0 Å². The zero-order valence-corrected chi connectivity index (χ0v) is 13.4. The Morgan fingerprint density at radius 3 is 2.72 bits per heavy atom. The van der Waals surface area contributed by atoms with Crippen molar-refractivity contribution in [3.05, 3.63) is 71.3 Å². The van der Waals surface area contributed by atoms with Crippen molar-refractivity contribution in [2.75, 3.05) is 0 Å². The first-order chi connectivity index (χ1) is 12.2. The van der Waals surface area contributed by atoms with E-state index in [1.165, 1.54) is 0 Å². The third-order valence-corrected chi connectivity index (χ3v) is 4.46. The van der Waals surface area contributed by atoms with Crippen molar-refractivity contribution in [3.8, 4) is 11.5 Å². The first-order valence-corrected chi connectivity index (χ1v) is 7.99. The molecule has 0 radical (unpaired) electrons. The Morgan fingerprint density at radius 2 is 1.84 bits per heavy atom. The lowest BCUT2D eigenvalue weighted by Gasteiger charge is -2.28. The summed E-state index contributed by atoms with van der Waals surface area (Å²) in [5.74, 6) is 2.84. The highest BCUT2D eigenvalue weighted by molar-refractivity contribution is 6.26. The second-order valence-corrected chi connectivity index (χ2v) is 6.01. The number of para-hydroxylation sites is 2. The number of benzene rings is 2. The molecule has 0 aliphatic carbocycles. The summed E-state index contributed by atoms with van der Waals surface area (Å²) >= 11 is 0. The van der Waals surface area contributed by atoms with E-state index in [0.29, 0.717) is 17.3 Å². The van der Waals surface area contributed by atoms with Gasteiger partial charge < -0.3 is 9.84 Å². The van der Waals surface area contributed by atoms with E-state index < -0.39 is 6.17 Å². The molecule has 0 saturated carbocycles. The topological polar surface area (TPSA) is 72.5 Å². The molecular formula is C19H14N4O2. The van der Waals surface area contributed by atoms with Gasteiger partial charge in [0.15, 0.2) is 12.0 Å². The number of aliphatic imine (C=N–C) groups is 1. The molecule has 1 atom stereocenters. The minimum Gasteiger partial charge on any atom is -0.508 e. The fourth-order valence-corrected chi connectivity index (χ4v) is 3.25. The first kappa shape index (κ1) is 14.0. The number of phenolic OH excluding ortho intramolecular Hbond substituents is 1. The standard InChI is InChI=1S/C19H14N4O2/c1-11-21-22-18-14-10-12-6-2-5-9-16(12)25-19(14)20-17(23(11)18)13-7-3-4-8-15(13)24/h2-10,17,24H,1H3/t17-/m1/s1. The molecule has 2 aromatic carbocycles. The summed E-state index contributed by atoms with van der Waals surface area (Å²) in [6.45, 7) is 1.88. The fourth-order valence-electron chi connectivity index (χ4n) is 3.25. The van der Waals surface area contributed by atoms with Crippen LogP contribution in [0.15, 0.2) is 53.5 Å². The zero-order valence-electron chi connectivity index (χ0n) is 13.4. The third kappa shape index (κ3) is 2.00. The molecule has 0 amide bonds. The highest BCUT2D eigenvalue weighted by Gasteiger charge is 2.34. The Bertz CT molecular complexity index is 1060. The number of ether oxygens (including phenoxy) is 1. The van der Waals surface area contributed by atoms with Gasteiger partial charge in [-0.1, -0.05) is 36.4 Å². The molecule has 25 heavy (non-hydrogen) atoms. The highest BCUT2D eigenvalue weighted by atomic mass is 16.5. The van der Waals surface area contributed by atoms with Crippen molar-refractivity contribution >= 4 is 17.5 Å². The SMILES string of the molecule is Cc1nnc2n1[C@H](c1ccccc1O)N=C1Oc3ccccc3C=C12. The van der Waals surface area contributed by atoms with Crippen LogP contribution in [0, 0.1) is 6.92 Å². The highest BCUT2D eigenvalue weighted by Crippen LogP contribution is 2.39. The molecule has 1 N–H and O–H groups in total. The van der Waals surface area contributed by atoms with Gasteiger partial charge in [-0.25, -0.2) is 4.99 Å². The van der Waals surface area contributed by atoms with Crippen molar-refractivity contribution < 1.29 is 9.84 Å². The summed E-state index contributed by atoms with van der Waals surface area (Å²) < 4.78 is 7.93. The molecule has 0 spiro atoms. The van der Waals surface area contributed by atoms with E-state index in [4.69, 9.17) is 9.73 Å². The molecule has 0 bridgehead atoms. The van der Waals surface area contributed by atoms with Crippen molar-refractivity contribution in [2.24, 2.45) is 4.99 Å². The Balaban J connectivity index is 1.76. The van der Waals surface area contributed by atoms with Gasteiger partial charge in [-0.15, -0.1) is 10.2 Å². The van der Waals surface area contributed by atoms with E-state index in [1.807, 2.05) is 54.0 Å². The summed E-state index contributed by atoms with van der Waals surface area (Å²) in [7, 11) is 0. The maximum Gasteiger partial charge on any atom is 0.228 e. The lowest BCUT2D eigenvalue weighted by Crippen LogP contribution is -2.27. The van der Waals surface area contributed by atoms with Crippen molar-refractivity contribution in [1.29, 1.82) is 0 Å². The number of nitrogens with zero attached hydrogens (tertiary/aromatic N) is 4. The second kappa shape index (κ2) is 5.04.